The molecule has 11 heteroatoms. The minimum Gasteiger partial charge on any atom is -0.461 e. The highest BCUT2D eigenvalue weighted by Gasteiger charge is 2.55. The average Bonchev–Trinajstić information content (AvgIpc) is 3.50. The van der Waals surface area contributed by atoms with E-state index < -0.39 is 35.4 Å². The number of nitrogens with zero attached hydrogens (tertiary/aromatic N) is 1. The van der Waals surface area contributed by atoms with Gasteiger partial charge in [-0.2, -0.15) is 0 Å². The Hall–Kier alpha value is -3.16. The maximum Gasteiger partial charge on any atom is 0.356 e. The topological polar surface area (TPSA) is 102 Å². The first kappa shape index (κ1) is 28.4. The number of halogens is 1. The van der Waals surface area contributed by atoms with Crippen LogP contribution in [0.1, 0.15) is 22.1 Å². The van der Waals surface area contributed by atoms with Crippen molar-refractivity contribution in [3.05, 3.63) is 105 Å². The molecule has 2 amide bonds. The quantitative estimate of drug-likeness (QED) is 0.147. The number of nitrogens with one attached hydrogen (secondary N) is 1. The summed E-state index contributed by atoms with van der Waals surface area (Å²) in [5.41, 5.74) is 1.43. The molecule has 0 radical (unpaired) electrons. The molecule has 2 aromatic carbocycles. The summed E-state index contributed by atoms with van der Waals surface area (Å²) in [6.45, 7) is 0.172. The van der Waals surface area contributed by atoms with Gasteiger partial charge in [0.25, 0.3) is 5.91 Å². The third kappa shape index (κ3) is 6.11. The van der Waals surface area contributed by atoms with Crippen LogP contribution in [0, 0.1) is 0 Å². The molecule has 40 heavy (non-hydrogen) atoms. The number of hydrogen-bond acceptors (Lipinski definition) is 8. The number of esters is 2. The number of thiophene rings is 1. The lowest BCUT2D eigenvalue weighted by Gasteiger charge is -2.49. The zero-order valence-electron chi connectivity index (χ0n) is 21.2. The summed E-state index contributed by atoms with van der Waals surface area (Å²) in [4.78, 5) is 55.0. The van der Waals surface area contributed by atoms with E-state index in [0.717, 1.165) is 16.0 Å². The van der Waals surface area contributed by atoms with E-state index in [1.54, 1.807) is 0 Å². The van der Waals surface area contributed by atoms with Crippen molar-refractivity contribution in [3.63, 3.8) is 0 Å². The van der Waals surface area contributed by atoms with Gasteiger partial charge in [0.1, 0.15) is 23.7 Å². The van der Waals surface area contributed by atoms with Crippen molar-refractivity contribution in [1.29, 1.82) is 0 Å². The van der Waals surface area contributed by atoms with Gasteiger partial charge in [0.2, 0.25) is 5.91 Å². The van der Waals surface area contributed by atoms with E-state index in [1.165, 1.54) is 28.0 Å². The van der Waals surface area contributed by atoms with Gasteiger partial charge in [-0.25, -0.2) is 9.59 Å². The van der Waals surface area contributed by atoms with Crippen LogP contribution in [-0.2, 0) is 35.1 Å². The number of rotatable bonds is 10. The lowest BCUT2D eigenvalue weighted by atomic mass is 10.0. The molecule has 0 bridgehead atoms. The lowest BCUT2D eigenvalue weighted by Crippen LogP contribution is -2.71. The van der Waals surface area contributed by atoms with Crippen LogP contribution >= 0.6 is 45.7 Å². The van der Waals surface area contributed by atoms with E-state index in [4.69, 9.17) is 9.47 Å². The summed E-state index contributed by atoms with van der Waals surface area (Å²) in [5, 5.41) is 4.14. The molecule has 3 heterocycles. The van der Waals surface area contributed by atoms with Gasteiger partial charge in [-0.3, -0.25) is 14.5 Å². The van der Waals surface area contributed by atoms with Crippen molar-refractivity contribution < 1.29 is 28.7 Å². The first-order chi connectivity index (χ1) is 19.5. The van der Waals surface area contributed by atoms with Gasteiger partial charge in [0.15, 0.2) is 6.10 Å². The van der Waals surface area contributed by atoms with Crippen molar-refractivity contribution in [3.8, 4) is 0 Å². The zero-order valence-corrected chi connectivity index (χ0v) is 24.9. The number of β-lactam (4-membered cyclic amide) rings is 1. The Kier molecular flexibility index (Phi) is 9.22. The van der Waals surface area contributed by atoms with Crippen LogP contribution in [-0.4, -0.2) is 56.9 Å². The molecule has 2 aliphatic rings. The van der Waals surface area contributed by atoms with Gasteiger partial charge in [0.05, 0.1) is 12.0 Å². The van der Waals surface area contributed by atoms with E-state index >= 15 is 0 Å². The van der Waals surface area contributed by atoms with Gasteiger partial charge >= 0.3 is 11.9 Å². The molecule has 3 aromatic rings. The van der Waals surface area contributed by atoms with Gasteiger partial charge in [-0.1, -0.05) is 89.3 Å². The highest BCUT2D eigenvalue weighted by atomic mass is 127. The third-order valence-electron chi connectivity index (χ3n) is 6.38. The van der Waals surface area contributed by atoms with Gasteiger partial charge in [-0.15, -0.1) is 23.1 Å². The van der Waals surface area contributed by atoms with Crippen molar-refractivity contribution in [2.75, 3.05) is 16.8 Å². The molecule has 8 nitrogen and oxygen atoms in total. The second kappa shape index (κ2) is 13.0. The summed E-state index contributed by atoms with van der Waals surface area (Å²) in [7, 11) is 0. The molecule has 1 saturated heterocycles. The van der Waals surface area contributed by atoms with E-state index in [-0.39, 0.29) is 36.0 Å². The second-order valence-corrected chi connectivity index (χ2v) is 12.2. The third-order valence-corrected chi connectivity index (χ3v) is 8.98. The standard InChI is InChI=1S/C29H25IN2O6S2/c30-13-14-37-28(35)21-17-40-27-23(31-22(33)16-20-12-7-15-39-20)26(34)32(27)24(21)29(36)38-25(18-8-3-1-4-9-18)19-10-5-2-6-11-19/h1-12,15,23,25,27H,13-14,16-17H2,(H,31,33)/t23?,27-/m1/s1. The maximum absolute atomic E-state index is 13.8. The molecule has 0 saturated carbocycles. The Balaban J connectivity index is 1.42. The molecule has 0 spiro atoms. The normalized spacial score (nSPS) is 18.1. The number of thioether (sulfide) groups is 1. The van der Waals surface area contributed by atoms with Gasteiger partial charge in [-0.05, 0) is 22.6 Å². The first-order valence-corrected chi connectivity index (χ1v) is 16.0. The van der Waals surface area contributed by atoms with Crippen LogP contribution < -0.4 is 5.32 Å². The number of fused-ring (bicyclic) bond motifs is 1. The lowest BCUT2D eigenvalue weighted by molar-refractivity contribution is -0.155. The van der Waals surface area contributed by atoms with Crippen molar-refractivity contribution >= 4 is 69.4 Å². The van der Waals surface area contributed by atoms with E-state index in [1.807, 2.05) is 78.2 Å². The van der Waals surface area contributed by atoms with Crippen LogP contribution in [0.4, 0.5) is 0 Å². The maximum atomic E-state index is 13.8. The molecular weight excluding hydrogens is 663 g/mol. The van der Waals surface area contributed by atoms with E-state index in [9.17, 15) is 19.2 Å². The Morgan fingerprint density at radius 1 is 0.975 bits per heavy atom. The number of amides is 2. The van der Waals surface area contributed by atoms with Crippen LogP contribution in [0.15, 0.2) is 89.4 Å². The summed E-state index contributed by atoms with van der Waals surface area (Å²) in [6, 6.07) is 21.4. The Labute approximate surface area is 253 Å². The van der Waals surface area contributed by atoms with Crippen LogP contribution in [0.25, 0.3) is 0 Å². The van der Waals surface area contributed by atoms with Gasteiger partial charge in [0, 0.05) is 15.1 Å². The number of benzene rings is 2. The van der Waals surface area contributed by atoms with Gasteiger partial charge < -0.3 is 14.8 Å². The molecule has 2 aliphatic heterocycles. The molecule has 1 aromatic heterocycles. The van der Waals surface area contributed by atoms with Crippen molar-refractivity contribution in [2.24, 2.45) is 0 Å². The molecule has 1 N–H and O–H groups in total. The number of hydrogen-bond donors (Lipinski definition) is 1. The molecule has 1 fully saturated rings. The fourth-order valence-electron chi connectivity index (χ4n) is 4.53. The molecule has 5 rings (SSSR count). The highest BCUT2D eigenvalue weighted by Crippen LogP contribution is 2.42. The SMILES string of the molecule is O=C(Cc1cccs1)NC1C(=O)N2C(C(=O)OC(c3ccccc3)c3ccccc3)=C(C(=O)OCCI)CS[C@H]12. The Morgan fingerprint density at radius 3 is 2.25 bits per heavy atom. The zero-order chi connectivity index (χ0) is 28.1. The second-order valence-electron chi connectivity index (χ2n) is 8.97. The molecule has 206 valence electrons. The first-order valence-electron chi connectivity index (χ1n) is 12.5. The highest BCUT2D eigenvalue weighted by molar-refractivity contribution is 14.1. The average molecular weight is 689 g/mol. The number of carbonyl (C=O) groups is 4. The smallest absolute Gasteiger partial charge is 0.356 e. The summed E-state index contributed by atoms with van der Waals surface area (Å²) < 4.78 is 12.0. The molecule has 2 atom stereocenters. The molecular formula is C29H25IN2O6S2. The van der Waals surface area contributed by atoms with Crippen molar-refractivity contribution in [2.45, 2.75) is 23.9 Å². The molecule has 0 aliphatic carbocycles. The summed E-state index contributed by atoms with van der Waals surface area (Å²) >= 11 is 4.85. The van der Waals surface area contributed by atoms with Crippen molar-refractivity contribution in [1.82, 2.24) is 10.2 Å². The Morgan fingerprint density at radius 2 is 1.65 bits per heavy atom. The largest absolute Gasteiger partial charge is 0.461 e. The minimum absolute atomic E-state index is 0.0766. The number of alkyl halides is 1. The van der Waals surface area contributed by atoms with E-state index in [0.29, 0.717) is 4.43 Å². The molecule has 1 unspecified atom stereocenters. The fraction of sp³-hybridized carbons (Fsp3) is 0.241. The number of ether oxygens (including phenoxy) is 2. The number of carbonyl (C=O) groups excluding carboxylic acids is 4. The Bertz CT molecular complexity index is 1380. The summed E-state index contributed by atoms with van der Waals surface area (Å²) in [5.74, 6) is -2.09. The van der Waals surface area contributed by atoms with Crippen LogP contribution in [0.5, 0.6) is 0 Å². The predicted molar refractivity (Wildman–Crippen MR) is 161 cm³/mol. The van der Waals surface area contributed by atoms with Crippen LogP contribution in [0.2, 0.25) is 0 Å². The monoisotopic (exact) mass is 688 g/mol. The minimum atomic E-state index is -0.814. The predicted octanol–water partition coefficient (Wildman–Crippen LogP) is 4.26. The summed E-state index contributed by atoms with van der Waals surface area (Å²) in [6.07, 6.45) is -0.604. The fourth-order valence-corrected chi connectivity index (χ4v) is 6.78. The van der Waals surface area contributed by atoms with Crippen LogP contribution in [0.3, 0.4) is 0 Å². The van der Waals surface area contributed by atoms with E-state index in [2.05, 4.69) is 27.9 Å².